The Hall–Kier alpha value is -1.51. The Morgan fingerprint density at radius 3 is 2.93 bits per heavy atom. The smallest absolute Gasteiger partial charge is 0.298 e. The van der Waals surface area contributed by atoms with Gasteiger partial charge in [0, 0.05) is 18.3 Å². The van der Waals surface area contributed by atoms with Crippen LogP contribution in [0.25, 0.3) is 0 Å². The second kappa shape index (κ2) is 3.93. The molecule has 80 valence electrons. The summed E-state index contributed by atoms with van der Waals surface area (Å²) in [6.45, 7) is 5.89. The highest BCUT2D eigenvalue weighted by Gasteiger charge is 2.21. The Morgan fingerprint density at radius 2 is 2.27 bits per heavy atom. The molecule has 1 aliphatic rings. The molecule has 0 fully saturated rings. The number of fused-ring (bicyclic) bond motifs is 1. The Bertz CT molecular complexity index is 374. The van der Waals surface area contributed by atoms with E-state index < -0.39 is 0 Å². The van der Waals surface area contributed by atoms with Crippen molar-refractivity contribution < 1.29 is 9.53 Å². The minimum absolute atomic E-state index is 0.469. The first-order valence-electron chi connectivity index (χ1n) is 5.22. The van der Waals surface area contributed by atoms with E-state index in [1.54, 1.807) is 0 Å². The van der Waals surface area contributed by atoms with E-state index in [0.29, 0.717) is 18.3 Å². The molecule has 0 saturated heterocycles. The van der Waals surface area contributed by atoms with Gasteiger partial charge in [-0.25, -0.2) is 0 Å². The predicted molar refractivity (Wildman–Crippen MR) is 59.3 cm³/mol. The third-order valence-electron chi connectivity index (χ3n) is 2.79. The van der Waals surface area contributed by atoms with Gasteiger partial charge in [0.05, 0.1) is 0 Å². The number of rotatable bonds is 3. The molecular formula is C12H15NO2. The van der Waals surface area contributed by atoms with Crippen molar-refractivity contribution in [3.63, 3.8) is 0 Å². The molecule has 0 unspecified atom stereocenters. The van der Waals surface area contributed by atoms with Gasteiger partial charge >= 0.3 is 0 Å². The third kappa shape index (κ3) is 1.82. The van der Waals surface area contributed by atoms with Crippen molar-refractivity contribution in [2.24, 2.45) is 0 Å². The van der Waals surface area contributed by atoms with Crippen molar-refractivity contribution in [3.8, 4) is 5.75 Å². The Morgan fingerprint density at radius 1 is 1.47 bits per heavy atom. The molecule has 3 heteroatoms. The molecule has 1 heterocycles. The van der Waals surface area contributed by atoms with Gasteiger partial charge in [-0.15, -0.1) is 0 Å². The van der Waals surface area contributed by atoms with E-state index >= 15 is 0 Å². The summed E-state index contributed by atoms with van der Waals surface area (Å²) in [4.78, 5) is 12.6. The third-order valence-corrected chi connectivity index (χ3v) is 2.79. The molecule has 0 bridgehead atoms. The first-order valence-corrected chi connectivity index (χ1v) is 5.22. The lowest BCUT2D eigenvalue weighted by Crippen LogP contribution is -2.28. The molecule has 1 aromatic carbocycles. The average Bonchev–Trinajstić information content (AvgIpc) is 2.61. The summed E-state index contributed by atoms with van der Waals surface area (Å²) in [5.74, 6) is 0.634. The molecule has 2 rings (SSSR count). The van der Waals surface area contributed by atoms with Crippen LogP contribution in [-0.4, -0.2) is 19.1 Å². The molecule has 0 saturated carbocycles. The van der Waals surface area contributed by atoms with Gasteiger partial charge in [0.25, 0.3) is 6.47 Å². The van der Waals surface area contributed by atoms with Crippen LogP contribution in [0.4, 0.5) is 5.69 Å². The average molecular weight is 205 g/mol. The second-order valence-corrected chi connectivity index (χ2v) is 4.04. The predicted octanol–water partition coefficient (Wildman–Crippen LogP) is 1.99. The van der Waals surface area contributed by atoms with Crippen LogP contribution in [0, 0.1) is 0 Å². The van der Waals surface area contributed by atoms with E-state index in [2.05, 4.69) is 18.7 Å². The maximum atomic E-state index is 10.2. The zero-order valence-electron chi connectivity index (χ0n) is 9.06. The molecule has 0 aromatic heterocycles. The molecule has 1 aliphatic heterocycles. The first kappa shape index (κ1) is 10.0. The van der Waals surface area contributed by atoms with E-state index in [-0.39, 0.29) is 0 Å². The monoisotopic (exact) mass is 205 g/mol. The van der Waals surface area contributed by atoms with E-state index in [1.807, 2.05) is 18.2 Å². The van der Waals surface area contributed by atoms with Crippen LogP contribution in [0.5, 0.6) is 5.75 Å². The van der Waals surface area contributed by atoms with E-state index in [0.717, 1.165) is 13.0 Å². The highest BCUT2D eigenvalue weighted by Crippen LogP contribution is 2.32. The number of ether oxygens (including phenoxy) is 1. The van der Waals surface area contributed by atoms with E-state index in [4.69, 9.17) is 4.74 Å². The van der Waals surface area contributed by atoms with Crippen LogP contribution in [0.2, 0.25) is 0 Å². The van der Waals surface area contributed by atoms with E-state index in [9.17, 15) is 4.79 Å². The lowest BCUT2D eigenvalue weighted by atomic mass is 10.1. The van der Waals surface area contributed by atoms with Crippen molar-refractivity contribution >= 4 is 12.2 Å². The number of carbonyl (C=O) groups excluding carboxylic acids is 1. The summed E-state index contributed by atoms with van der Waals surface area (Å²) in [5.41, 5.74) is 2.53. The van der Waals surface area contributed by atoms with Gasteiger partial charge in [0.1, 0.15) is 5.75 Å². The van der Waals surface area contributed by atoms with Crippen LogP contribution in [0.1, 0.15) is 19.4 Å². The topological polar surface area (TPSA) is 29.5 Å². The van der Waals surface area contributed by atoms with Crippen LogP contribution in [0.3, 0.4) is 0 Å². The maximum Gasteiger partial charge on any atom is 0.298 e. The van der Waals surface area contributed by atoms with Crippen LogP contribution >= 0.6 is 0 Å². The second-order valence-electron chi connectivity index (χ2n) is 4.04. The van der Waals surface area contributed by atoms with Crippen LogP contribution < -0.4 is 9.64 Å². The van der Waals surface area contributed by atoms with Gasteiger partial charge < -0.3 is 9.64 Å². The molecule has 1 aromatic rings. The largest absolute Gasteiger partial charge is 0.429 e. The molecule has 0 aliphatic carbocycles. The lowest BCUT2D eigenvalue weighted by Gasteiger charge is -2.23. The molecule has 0 N–H and O–H groups in total. The van der Waals surface area contributed by atoms with Crippen molar-refractivity contribution in [2.45, 2.75) is 26.3 Å². The van der Waals surface area contributed by atoms with Gasteiger partial charge in [0.15, 0.2) is 0 Å². The SMILES string of the molecule is CC(C)N1CCc2cc(OC=O)ccc21. The fourth-order valence-electron chi connectivity index (χ4n) is 2.07. The van der Waals surface area contributed by atoms with Crippen LogP contribution in [-0.2, 0) is 11.2 Å². The molecule has 0 amide bonds. The number of hydrogen-bond acceptors (Lipinski definition) is 3. The maximum absolute atomic E-state index is 10.2. The van der Waals surface area contributed by atoms with Crippen molar-refractivity contribution in [1.82, 2.24) is 0 Å². The van der Waals surface area contributed by atoms with E-state index in [1.165, 1.54) is 11.3 Å². The van der Waals surface area contributed by atoms with Gasteiger partial charge in [0.2, 0.25) is 0 Å². The minimum atomic E-state index is 0.469. The molecule has 0 radical (unpaired) electrons. The Labute approximate surface area is 89.7 Å². The zero-order valence-corrected chi connectivity index (χ0v) is 9.06. The van der Waals surface area contributed by atoms with Crippen molar-refractivity contribution in [2.75, 3.05) is 11.4 Å². The highest BCUT2D eigenvalue weighted by molar-refractivity contribution is 5.61. The Kier molecular flexibility index (Phi) is 2.62. The molecule has 0 atom stereocenters. The standard InChI is InChI=1S/C12H15NO2/c1-9(2)13-6-5-10-7-11(15-8-14)3-4-12(10)13/h3-4,7-9H,5-6H2,1-2H3. The number of hydrogen-bond donors (Lipinski definition) is 0. The lowest BCUT2D eigenvalue weighted by molar-refractivity contribution is -0.120. The first-order chi connectivity index (χ1) is 7.22. The zero-order chi connectivity index (χ0) is 10.8. The quantitative estimate of drug-likeness (QED) is 0.707. The van der Waals surface area contributed by atoms with Crippen molar-refractivity contribution in [1.29, 1.82) is 0 Å². The van der Waals surface area contributed by atoms with Crippen molar-refractivity contribution in [3.05, 3.63) is 23.8 Å². The molecule has 15 heavy (non-hydrogen) atoms. The summed E-state index contributed by atoms with van der Waals surface area (Å²) in [5, 5.41) is 0. The number of carbonyl (C=O) groups is 1. The van der Waals surface area contributed by atoms with Gasteiger partial charge in [-0.1, -0.05) is 0 Å². The molecular weight excluding hydrogens is 190 g/mol. The normalized spacial score (nSPS) is 14.2. The summed E-state index contributed by atoms with van der Waals surface area (Å²) in [7, 11) is 0. The highest BCUT2D eigenvalue weighted by atomic mass is 16.5. The fourth-order valence-corrected chi connectivity index (χ4v) is 2.07. The summed E-state index contributed by atoms with van der Waals surface area (Å²) < 4.78 is 4.83. The minimum Gasteiger partial charge on any atom is -0.429 e. The Balaban J connectivity index is 2.29. The van der Waals surface area contributed by atoms with Gasteiger partial charge in [-0.2, -0.15) is 0 Å². The summed E-state index contributed by atoms with van der Waals surface area (Å²) >= 11 is 0. The van der Waals surface area contributed by atoms with Gasteiger partial charge in [-0.05, 0) is 44.0 Å². The van der Waals surface area contributed by atoms with Gasteiger partial charge in [-0.3, -0.25) is 4.79 Å². The van der Waals surface area contributed by atoms with Crippen LogP contribution in [0.15, 0.2) is 18.2 Å². The number of nitrogens with zero attached hydrogens (tertiary/aromatic N) is 1. The number of anilines is 1. The summed E-state index contributed by atoms with van der Waals surface area (Å²) in [6, 6.07) is 6.34. The molecule has 0 spiro atoms. The number of benzene rings is 1. The summed E-state index contributed by atoms with van der Waals surface area (Å²) in [6.07, 6.45) is 1.03. The fraction of sp³-hybridized carbons (Fsp3) is 0.417. The molecule has 3 nitrogen and oxygen atoms in total.